The molecule has 1 aliphatic heterocycles. The van der Waals surface area contributed by atoms with Crippen LogP contribution in [0.4, 0.5) is 0 Å². The van der Waals surface area contributed by atoms with E-state index in [-0.39, 0.29) is 28.9 Å². The molecule has 1 saturated heterocycles. The lowest BCUT2D eigenvalue weighted by Crippen LogP contribution is -2.62. The van der Waals surface area contributed by atoms with Gasteiger partial charge in [0, 0.05) is 17.3 Å². The standard InChI is InChI=1S/C19H30ClN3O3/c1-17(2)14(20)8-10-19(4,26-17)12-5-6-13(24)11-7-9-18(3,25)16(15(11)12)22-23-21/h11-12,14-16,25H,5-10H2,1-4H3/t11-,12?,14+,15+,16-,18-,19-/m1/s1. The fourth-order valence-corrected chi connectivity index (χ4v) is 5.84. The van der Waals surface area contributed by atoms with Gasteiger partial charge in [-0.2, -0.15) is 0 Å². The summed E-state index contributed by atoms with van der Waals surface area (Å²) >= 11 is 6.47. The molecule has 0 radical (unpaired) electrons. The molecule has 3 aliphatic rings. The van der Waals surface area contributed by atoms with Crippen molar-refractivity contribution in [2.45, 2.75) is 94.4 Å². The molecule has 6 nitrogen and oxygen atoms in total. The van der Waals surface area contributed by atoms with Gasteiger partial charge in [0.2, 0.25) is 0 Å². The maximum Gasteiger partial charge on any atom is 0.136 e. The van der Waals surface area contributed by atoms with Crippen molar-refractivity contribution >= 4 is 17.4 Å². The van der Waals surface area contributed by atoms with E-state index in [1.165, 1.54) is 0 Å². The minimum Gasteiger partial charge on any atom is -0.390 e. The van der Waals surface area contributed by atoms with Crippen molar-refractivity contribution in [1.29, 1.82) is 0 Å². The highest BCUT2D eigenvalue weighted by Crippen LogP contribution is 2.54. The van der Waals surface area contributed by atoms with Crippen LogP contribution >= 0.6 is 11.6 Å². The van der Waals surface area contributed by atoms with Gasteiger partial charge in [-0.25, -0.2) is 0 Å². The maximum absolute atomic E-state index is 12.6. The molecule has 3 rings (SSSR count). The van der Waals surface area contributed by atoms with Crippen LogP contribution in [0.15, 0.2) is 5.11 Å². The van der Waals surface area contributed by atoms with Crippen LogP contribution in [-0.2, 0) is 9.53 Å². The Morgan fingerprint density at radius 3 is 2.54 bits per heavy atom. The molecular weight excluding hydrogens is 354 g/mol. The number of azide groups is 1. The van der Waals surface area contributed by atoms with Crippen LogP contribution < -0.4 is 0 Å². The van der Waals surface area contributed by atoms with Crippen LogP contribution in [0, 0.1) is 17.8 Å². The van der Waals surface area contributed by atoms with E-state index in [1.807, 2.05) is 13.8 Å². The number of fused-ring (bicyclic) bond motifs is 1. The first-order chi connectivity index (χ1) is 12.0. The Bertz CT molecular complexity index is 632. The fourth-order valence-electron chi connectivity index (χ4n) is 5.68. The van der Waals surface area contributed by atoms with Crippen LogP contribution in [0.2, 0.25) is 0 Å². The average molecular weight is 384 g/mol. The molecule has 3 fully saturated rings. The lowest BCUT2D eigenvalue weighted by Gasteiger charge is -2.57. The summed E-state index contributed by atoms with van der Waals surface area (Å²) in [6.07, 6.45) is 3.99. The molecule has 7 atom stereocenters. The van der Waals surface area contributed by atoms with Crippen LogP contribution in [-0.4, -0.2) is 39.1 Å². The smallest absolute Gasteiger partial charge is 0.136 e. The Hall–Kier alpha value is -0.810. The number of hydrogen-bond donors (Lipinski definition) is 1. The Labute approximate surface area is 160 Å². The van der Waals surface area contributed by atoms with E-state index < -0.39 is 22.8 Å². The zero-order valence-electron chi connectivity index (χ0n) is 16.1. The number of ether oxygens (including phenoxy) is 1. The molecule has 0 aromatic rings. The Balaban J connectivity index is 2.00. The second-order valence-electron chi connectivity index (χ2n) is 9.37. The molecule has 1 heterocycles. The maximum atomic E-state index is 12.6. The zero-order valence-corrected chi connectivity index (χ0v) is 16.9. The summed E-state index contributed by atoms with van der Waals surface area (Å²) in [4.78, 5) is 15.6. The van der Waals surface area contributed by atoms with Gasteiger partial charge in [0.1, 0.15) is 5.78 Å². The number of rotatable bonds is 2. The van der Waals surface area contributed by atoms with Crippen molar-refractivity contribution in [2.75, 3.05) is 0 Å². The second-order valence-corrected chi connectivity index (χ2v) is 9.89. The van der Waals surface area contributed by atoms with E-state index in [0.717, 1.165) is 12.8 Å². The Morgan fingerprint density at radius 2 is 1.92 bits per heavy atom. The molecule has 146 valence electrons. The number of Topliss-reactive ketones (excluding diaryl/α,β-unsaturated/α-hetero) is 1. The molecule has 0 aromatic heterocycles. The van der Waals surface area contributed by atoms with Gasteiger partial charge in [-0.05, 0) is 77.2 Å². The summed E-state index contributed by atoms with van der Waals surface area (Å²) in [5, 5.41) is 14.8. The van der Waals surface area contributed by atoms with Crippen molar-refractivity contribution < 1.29 is 14.6 Å². The van der Waals surface area contributed by atoms with Crippen LogP contribution in [0.1, 0.15) is 66.2 Å². The summed E-state index contributed by atoms with van der Waals surface area (Å²) in [6.45, 7) is 7.85. The zero-order chi connectivity index (χ0) is 19.3. The molecule has 7 heteroatoms. The number of alkyl halides is 1. The van der Waals surface area contributed by atoms with Gasteiger partial charge in [0.15, 0.2) is 0 Å². The van der Waals surface area contributed by atoms with Gasteiger partial charge in [-0.3, -0.25) is 4.79 Å². The average Bonchev–Trinajstić information content (AvgIpc) is 2.54. The highest BCUT2D eigenvalue weighted by atomic mass is 35.5. The highest BCUT2D eigenvalue weighted by Gasteiger charge is 2.58. The minimum absolute atomic E-state index is 0.0518. The first-order valence-electron chi connectivity index (χ1n) is 9.65. The summed E-state index contributed by atoms with van der Waals surface area (Å²) in [5.41, 5.74) is 7.09. The molecule has 1 unspecified atom stereocenters. The number of carbonyl (C=O) groups excluding carboxylic acids is 1. The molecule has 26 heavy (non-hydrogen) atoms. The van der Waals surface area contributed by atoms with Crippen molar-refractivity contribution in [3.63, 3.8) is 0 Å². The van der Waals surface area contributed by atoms with Gasteiger partial charge >= 0.3 is 0 Å². The molecule has 0 amide bonds. The fraction of sp³-hybridized carbons (Fsp3) is 0.947. The van der Waals surface area contributed by atoms with E-state index in [0.29, 0.717) is 25.7 Å². The van der Waals surface area contributed by atoms with Crippen LogP contribution in [0.3, 0.4) is 0 Å². The lowest BCUT2D eigenvalue weighted by atomic mass is 9.55. The third-order valence-corrected chi connectivity index (χ3v) is 7.86. The van der Waals surface area contributed by atoms with Gasteiger partial charge in [0.25, 0.3) is 0 Å². The van der Waals surface area contributed by atoms with Gasteiger partial charge in [-0.15, -0.1) is 11.6 Å². The third-order valence-electron chi connectivity index (χ3n) is 7.11. The predicted octanol–water partition coefficient (Wildman–Crippen LogP) is 4.38. The quantitative estimate of drug-likeness (QED) is 0.331. The van der Waals surface area contributed by atoms with Gasteiger partial charge in [-0.1, -0.05) is 5.11 Å². The van der Waals surface area contributed by atoms with Gasteiger partial charge in [0.05, 0.1) is 28.2 Å². The molecule has 0 spiro atoms. The van der Waals surface area contributed by atoms with Crippen molar-refractivity contribution in [3.8, 4) is 0 Å². The van der Waals surface area contributed by atoms with Crippen molar-refractivity contribution in [1.82, 2.24) is 0 Å². The van der Waals surface area contributed by atoms with E-state index in [9.17, 15) is 9.90 Å². The number of ketones is 1. The molecular formula is C19H30ClN3O3. The Kier molecular flexibility index (Phi) is 5.11. The first-order valence-corrected chi connectivity index (χ1v) is 10.1. The van der Waals surface area contributed by atoms with Crippen LogP contribution in [0.5, 0.6) is 0 Å². The largest absolute Gasteiger partial charge is 0.390 e. The molecule has 2 aliphatic carbocycles. The number of halogens is 1. The van der Waals surface area contributed by atoms with Crippen LogP contribution in [0.25, 0.3) is 10.4 Å². The van der Waals surface area contributed by atoms with E-state index in [1.54, 1.807) is 6.92 Å². The molecule has 0 bridgehead atoms. The van der Waals surface area contributed by atoms with E-state index in [4.69, 9.17) is 21.9 Å². The second kappa shape index (κ2) is 6.66. The highest BCUT2D eigenvalue weighted by molar-refractivity contribution is 6.21. The lowest BCUT2D eigenvalue weighted by molar-refractivity contribution is -0.214. The normalized spacial score (nSPS) is 48.4. The topological polar surface area (TPSA) is 95.3 Å². The van der Waals surface area contributed by atoms with Crippen molar-refractivity contribution in [3.05, 3.63) is 10.4 Å². The summed E-state index contributed by atoms with van der Waals surface area (Å²) < 4.78 is 6.53. The monoisotopic (exact) mass is 383 g/mol. The molecule has 1 N–H and O–H groups in total. The van der Waals surface area contributed by atoms with Crippen molar-refractivity contribution in [2.24, 2.45) is 22.9 Å². The number of nitrogens with zero attached hydrogens (tertiary/aromatic N) is 3. The number of carbonyl (C=O) groups is 1. The summed E-state index contributed by atoms with van der Waals surface area (Å²) in [7, 11) is 0. The number of aliphatic hydroxyl groups is 1. The third kappa shape index (κ3) is 3.26. The summed E-state index contributed by atoms with van der Waals surface area (Å²) in [6, 6.07) is -0.613. The first kappa shape index (κ1) is 19.9. The Morgan fingerprint density at radius 1 is 1.23 bits per heavy atom. The van der Waals surface area contributed by atoms with Gasteiger partial charge < -0.3 is 9.84 Å². The molecule has 2 saturated carbocycles. The van der Waals surface area contributed by atoms with E-state index in [2.05, 4.69) is 16.9 Å². The SMILES string of the molecule is CC1(C)O[C@@](C)(C2CCC(=O)[C@H]3CC[C@@](C)(O)[C@H](N=[N+]=[N-])[C@H]23)CC[C@@H]1Cl. The minimum atomic E-state index is -1.10. The molecule has 0 aromatic carbocycles. The summed E-state index contributed by atoms with van der Waals surface area (Å²) in [5.74, 6) is -0.0741. The number of hydrogen-bond acceptors (Lipinski definition) is 4. The van der Waals surface area contributed by atoms with E-state index >= 15 is 0 Å². The predicted molar refractivity (Wildman–Crippen MR) is 99.9 cm³/mol.